The number of benzene rings is 1. The van der Waals surface area contributed by atoms with Crippen LogP contribution < -0.4 is 4.74 Å². The maximum Gasteiger partial charge on any atom is 0.331 e. The average molecular weight is 364 g/mol. The highest BCUT2D eigenvalue weighted by Gasteiger charge is 2.12. The number of carbonyl (C=O) groups excluding carboxylic acids is 4. The predicted octanol–water partition coefficient (Wildman–Crippen LogP) is 1.36. The number of methoxy groups -OCH3 is 1. The van der Waals surface area contributed by atoms with Gasteiger partial charge in [-0.05, 0) is 24.6 Å². The highest BCUT2D eigenvalue weighted by Crippen LogP contribution is 2.12. The Labute approximate surface area is 150 Å². The van der Waals surface area contributed by atoms with Crippen LogP contribution in [0.25, 0.3) is 0 Å². The Morgan fingerprint density at radius 1 is 0.923 bits per heavy atom. The van der Waals surface area contributed by atoms with Crippen LogP contribution >= 0.6 is 0 Å². The van der Waals surface area contributed by atoms with E-state index in [4.69, 9.17) is 9.47 Å². The van der Waals surface area contributed by atoms with Crippen LogP contribution in [0.3, 0.4) is 0 Å². The van der Waals surface area contributed by atoms with Gasteiger partial charge >= 0.3 is 23.9 Å². The fraction of sp³-hybridized carbons (Fsp3) is 0.333. The van der Waals surface area contributed by atoms with Gasteiger partial charge in [-0.15, -0.1) is 0 Å². The summed E-state index contributed by atoms with van der Waals surface area (Å²) in [7, 11) is 1.53. The fourth-order valence-electron chi connectivity index (χ4n) is 1.73. The Balaban J connectivity index is 2.27. The van der Waals surface area contributed by atoms with Gasteiger partial charge in [-0.3, -0.25) is 9.59 Å². The lowest BCUT2D eigenvalue weighted by Crippen LogP contribution is -2.16. The number of hydrogen-bond acceptors (Lipinski definition) is 8. The standard InChI is InChI=1S/C18H20O8/c1-3-24-15(19)8-9-16(20)25-11-10-17(21)26-18(22)12-13-4-6-14(23-2)7-5-13/h4-9H,3,10-12H2,1-2H3. The second-order valence-electron chi connectivity index (χ2n) is 4.87. The monoisotopic (exact) mass is 364 g/mol. The topological polar surface area (TPSA) is 105 Å². The second kappa shape index (κ2) is 11.4. The number of carbonyl (C=O) groups is 4. The summed E-state index contributed by atoms with van der Waals surface area (Å²) in [6.45, 7) is 1.54. The van der Waals surface area contributed by atoms with E-state index in [1.54, 1.807) is 31.2 Å². The van der Waals surface area contributed by atoms with Crippen molar-refractivity contribution in [1.82, 2.24) is 0 Å². The van der Waals surface area contributed by atoms with Gasteiger partial charge in [-0.25, -0.2) is 9.59 Å². The molecule has 140 valence electrons. The Hall–Kier alpha value is -3.16. The first-order chi connectivity index (χ1) is 12.4. The highest BCUT2D eigenvalue weighted by atomic mass is 16.6. The predicted molar refractivity (Wildman–Crippen MR) is 89.1 cm³/mol. The van der Waals surface area contributed by atoms with Crippen LogP contribution in [-0.4, -0.2) is 44.2 Å². The summed E-state index contributed by atoms with van der Waals surface area (Å²) in [4.78, 5) is 45.5. The van der Waals surface area contributed by atoms with Gasteiger partial charge in [-0.1, -0.05) is 12.1 Å². The molecule has 0 amide bonds. The normalized spacial score (nSPS) is 10.2. The van der Waals surface area contributed by atoms with Gasteiger partial charge in [0.25, 0.3) is 0 Å². The molecule has 26 heavy (non-hydrogen) atoms. The number of esters is 4. The smallest absolute Gasteiger partial charge is 0.331 e. The SMILES string of the molecule is CCOC(=O)C=CC(=O)OCCC(=O)OC(=O)Cc1ccc(OC)cc1. The summed E-state index contributed by atoms with van der Waals surface area (Å²) >= 11 is 0. The Kier molecular flexibility index (Phi) is 9.16. The maximum absolute atomic E-state index is 11.7. The van der Waals surface area contributed by atoms with E-state index < -0.39 is 23.9 Å². The molecule has 0 saturated carbocycles. The van der Waals surface area contributed by atoms with Gasteiger partial charge in [0.05, 0.1) is 26.6 Å². The number of rotatable bonds is 9. The van der Waals surface area contributed by atoms with Crippen molar-refractivity contribution in [2.45, 2.75) is 19.8 Å². The quantitative estimate of drug-likeness (QED) is 0.280. The molecule has 0 aromatic heterocycles. The third-order valence-electron chi connectivity index (χ3n) is 2.93. The lowest BCUT2D eigenvalue weighted by molar-refractivity contribution is -0.160. The van der Waals surface area contributed by atoms with Crippen LogP contribution in [-0.2, 0) is 39.8 Å². The van der Waals surface area contributed by atoms with Gasteiger partial charge in [-0.2, -0.15) is 0 Å². The number of ether oxygens (including phenoxy) is 4. The molecule has 1 aromatic carbocycles. The van der Waals surface area contributed by atoms with Crippen molar-refractivity contribution < 1.29 is 38.1 Å². The van der Waals surface area contributed by atoms with Gasteiger partial charge in [0.15, 0.2) is 0 Å². The Morgan fingerprint density at radius 3 is 2.12 bits per heavy atom. The van der Waals surface area contributed by atoms with E-state index in [0.29, 0.717) is 11.3 Å². The molecule has 1 aromatic rings. The van der Waals surface area contributed by atoms with Crippen LogP contribution in [0.4, 0.5) is 0 Å². The van der Waals surface area contributed by atoms with E-state index in [1.165, 1.54) is 7.11 Å². The maximum atomic E-state index is 11.7. The minimum absolute atomic E-state index is 0.0716. The molecular formula is C18H20O8. The second-order valence-corrected chi connectivity index (χ2v) is 4.87. The molecule has 8 heteroatoms. The van der Waals surface area contributed by atoms with Crippen LogP contribution in [0.15, 0.2) is 36.4 Å². The van der Waals surface area contributed by atoms with E-state index in [1.807, 2.05) is 0 Å². The molecule has 0 spiro atoms. The zero-order valence-electron chi connectivity index (χ0n) is 14.6. The van der Waals surface area contributed by atoms with Crippen molar-refractivity contribution in [3.63, 3.8) is 0 Å². The van der Waals surface area contributed by atoms with E-state index in [2.05, 4.69) is 9.47 Å². The number of hydrogen-bond donors (Lipinski definition) is 0. The van der Waals surface area contributed by atoms with Crippen molar-refractivity contribution in [2.24, 2.45) is 0 Å². The summed E-state index contributed by atoms with van der Waals surface area (Å²) in [6, 6.07) is 6.74. The zero-order chi connectivity index (χ0) is 19.4. The molecule has 0 saturated heterocycles. The fourth-order valence-corrected chi connectivity index (χ4v) is 1.73. The minimum atomic E-state index is -0.814. The van der Waals surface area contributed by atoms with Crippen molar-refractivity contribution in [3.8, 4) is 5.75 Å². The molecule has 0 heterocycles. The van der Waals surface area contributed by atoms with E-state index >= 15 is 0 Å². The third-order valence-corrected chi connectivity index (χ3v) is 2.93. The molecule has 8 nitrogen and oxygen atoms in total. The van der Waals surface area contributed by atoms with Crippen molar-refractivity contribution >= 4 is 23.9 Å². The molecule has 0 aliphatic rings. The van der Waals surface area contributed by atoms with Crippen LogP contribution in [0.5, 0.6) is 5.75 Å². The molecular weight excluding hydrogens is 344 g/mol. The first-order valence-corrected chi connectivity index (χ1v) is 7.82. The molecule has 1 rings (SSSR count). The lowest BCUT2D eigenvalue weighted by Gasteiger charge is -2.05. The van der Waals surface area contributed by atoms with Crippen LogP contribution in [0.2, 0.25) is 0 Å². The highest BCUT2D eigenvalue weighted by molar-refractivity contribution is 5.92. The molecule has 0 fully saturated rings. The summed E-state index contributed by atoms with van der Waals surface area (Å²) in [5.74, 6) is -2.36. The van der Waals surface area contributed by atoms with Crippen LogP contribution in [0, 0.1) is 0 Å². The van der Waals surface area contributed by atoms with E-state index in [-0.39, 0.29) is 26.1 Å². The molecule has 0 aliphatic heterocycles. The zero-order valence-corrected chi connectivity index (χ0v) is 14.6. The third kappa shape index (κ3) is 8.62. The van der Waals surface area contributed by atoms with Crippen LogP contribution in [0.1, 0.15) is 18.9 Å². The average Bonchev–Trinajstić information content (AvgIpc) is 2.60. The van der Waals surface area contributed by atoms with E-state index in [9.17, 15) is 19.2 Å². The van der Waals surface area contributed by atoms with Gasteiger partial charge in [0, 0.05) is 12.2 Å². The molecule has 0 N–H and O–H groups in total. The van der Waals surface area contributed by atoms with Crippen molar-refractivity contribution in [3.05, 3.63) is 42.0 Å². The minimum Gasteiger partial charge on any atom is -0.497 e. The Bertz CT molecular complexity index is 660. The first kappa shape index (κ1) is 20.9. The summed E-state index contributed by atoms with van der Waals surface area (Å²) < 4.78 is 18.9. The summed E-state index contributed by atoms with van der Waals surface area (Å²) in [5, 5.41) is 0. The first-order valence-electron chi connectivity index (χ1n) is 7.82. The van der Waals surface area contributed by atoms with Gasteiger partial charge in [0.2, 0.25) is 0 Å². The lowest BCUT2D eigenvalue weighted by atomic mass is 10.1. The molecule has 0 radical (unpaired) electrons. The molecule has 0 atom stereocenters. The summed E-state index contributed by atoms with van der Waals surface area (Å²) in [6.07, 6.45) is 1.45. The Morgan fingerprint density at radius 2 is 1.54 bits per heavy atom. The molecule has 0 aliphatic carbocycles. The van der Waals surface area contributed by atoms with E-state index in [0.717, 1.165) is 12.2 Å². The van der Waals surface area contributed by atoms with Crippen molar-refractivity contribution in [1.29, 1.82) is 0 Å². The van der Waals surface area contributed by atoms with Gasteiger partial charge in [0.1, 0.15) is 12.4 Å². The largest absolute Gasteiger partial charge is 0.497 e. The molecule has 0 unspecified atom stereocenters. The summed E-state index contributed by atoms with van der Waals surface area (Å²) in [5.41, 5.74) is 0.666. The van der Waals surface area contributed by atoms with Crippen molar-refractivity contribution in [2.75, 3.05) is 20.3 Å². The molecule has 0 bridgehead atoms. The van der Waals surface area contributed by atoms with Gasteiger partial charge < -0.3 is 18.9 Å².